The molecule has 0 radical (unpaired) electrons. The van der Waals surface area contributed by atoms with Gasteiger partial charge in [0.2, 0.25) is 0 Å². The van der Waals surface area contributed by atoms with Crippen LogP contribution in [0.1, 0.15) is 29.9 Å². The van der Waals surface area contributed by atoms with E-state index in [-0.39, 0.29) is 0 Å². The van der Waals surface area contributed by atoms with Crippen molar-refractivity contribution in [3.05, 3.63) is 51.2 Å². The summed E-state index contributed by atoms with van der Waals surface area (Å²) in [6.07, 6.45) is 0.376. The van der Waals surface area contributed by atoms with Crippen LogP contribution < -0.4 is 15.4 Å². The molecule has 1 atom stereocenters. The lowest BCUT2D eigenvalue weighted by Crippen LogP contribution is -2.39. The molecule has 0 fully saturated rings. The summed E-state index contributed by atoms with van der Waals surface area (Å²) in [6, 6.07) is 11.6. The Morgan fingerprint density at radius 1 is 1.21 bits per heavy atom. The van der Waals surface area contributed by atoms with Gasteiger partial charge in [-0.1, -0.05) is 23.7 Å². The molecule has 1 aromatic carbocycles. The number of hydrogen-bond donors (Lipinski definition) is 3. The average Bonchev–Trinajstić information content (AvgIpc) is 3.14. The molecule has 0 aliphatic carbocycles. The van der Waals surface area contributed by atoms with Gasteiger partial charge in [0.05, 0.1) is 17.5 Å². The summed E-state index contributed by atoms with van der Waals surface area (Å²) in [5.41, 5.74) is 1.09. The van der Waals surface area contributed by atoms with Crippen molar-refractivity contribution in [2.75, 3.05) is 40.3 Å². The quantitative estimate of drug-likeness (QED) is 0.284. The maximum absolute atomic E-state index is 10.3. The molecule has 1 aromatic heterocycles. The maximum atomic E-state index is 10.3. The summed E-state index contributed by atoms with van der Waals surface area (Å²) >= 11 is 7.32. The van der Waals surface area contributed by atoms with Crippen molar-refractivity contribution < 1.29 is 9.84 Å². The molecule has 6 nitrogen and oxygen atoms in total. The number of thiophene rings is 1. The van der Waals surface area contributed by atoms with Crippen molar-refractivity contribution in [3.8, 4) is 5.75 Å². The van der Waals surface area contributed by atoms with Crippen molar-refractivity contribution in [3.63, 3.8) is 0 Å². The van der Waals surface area contributed by atoms with Gasteiger partial charge in [0, 0.05) is 24.5 Å². The maximum Gasteiger partial charge on any atom is 0.191 e. The summed E-state index contributed by atoms with van der Waals surface area (Å²) in [5.74, 6) is 1.54. The summed E-state index contributed by atoms with van der Waals surface area (Å²) in [7, 11) is 4.12. The van der Waals surface area contributed by atoms with Gasteiger partial charge in [-0.3, -0.25) is 0 Å². The Morgan fingerprint density at radius 3 is 2.59 bits per heavy atom. The van der Waals surface area contributed by atoms with Crippen LogP contribution in [-0.2, 0) is 6.54 Å². The zero-order valence-corrected chi connectivity index (χ0v) is 18.9. The van der Waals surface area contributed by atoms with Gasteiger partial charge in [-0.15, -0.1) is 11.3 Å². The van der Waals surface area contributed by atoms with Crippen LogP contribution in [0.4, 0.5) is 0 Å². The highest BCUT2D eigenvalue weighted by Crippen LogP contribution is 2.26. The van der Waals surface area contributed by atoms with Gasteiger partial charge in [0.15, 0.2) is 5.96 Å². The Bertz CT molecular complexity index is 749. The van der Waals surface area contributed by atoms with Gasteiger partial charge >= 0.3 is 0 Å². The van der Waals surface area contributed by atoms with Crippen LogP contribution in [0.2, 0.25) is 4.34 Å². The molecule has 0 aliphatic heterocycles. The van der Waals surface area contributed by atoms with Crippen molar-refractivity contribution in [1.82, 2.24) is 15.5 Å². The van der Waals surface area contributed by atoms with E-state index in [4.69, 9.17) is 16.3 Å². The second-order valence-electron chi connectivity index (χ2n) is 6.88. The highest BCUT2D eigenvalue weighted by Gasteiger charge is 2.11. The fourth-order valence-electron chi connectivity index (χ4n) is 2.58. The van der Waals surface area contributed by atoms with Crippen molar-refractivity contribution in [2.24, 2.45) is 4.99 Å². The number of guanidine groups is 1. The minimum Gasteiger partial charge on any atom is -0.494 e. The number of hydrogen-bond acceptors (Lipinski definition) is 5. The second kappa shape index (κ2) is 12.7. The highest BCUT2D eigenvalue weighted by atomic mass is 35.5. The Balaban J connectivity index is 1.82. The van der Waals surface area contributed by atoms with E-state index in [1.165, 1.54) is 11.3 Å². The van der Waals surface area contributed by atoms with E-state index in [1.807, 2.05) is 37.3 Å². The fraction of sp³-hybridized carbons (Fsp3) is 0.476. The largest absolute Gasteiger partial charge is 0.494 e. The van der Waals surface area contributed by atoms with E-state index in [9.17, 15) is 5.11 Å². The van der Waals surface area contributed by atoms with Crippen LogP contribution in [0.15, 0.2) is 41.4 Å². The minimum atomic E-state index is -0.625. The van der Waals surface area contributed by atoms with Crippen LogP contribution in [0.5, 0.6) is 5.75 Å². The average molecular weight is 439 g/mol. The number of nitrogens with zero attached hydrogens (tertiary/aromatic N) is 2. The van der Waals surface area contributed by atoms with Crippen LogP contribution in [0, 0.1) is 0 Å². The van der Waals surface area contributed by atoms with Gasteiger partial charge in [-0.05, 0) is 57.3 Å². The third kappa shape index (κ3) is 9.04. The van der Waals surface area contributed by atoms with Crippen molar-refractivity contribution in [1.29, 1.82) is 0 Å². The molecule has 29 heavy (non-hydrogen) atoms. The standard InChI is InChI=1S/C21H31ClN4O2S/c1-4-23-21(25-15-18(27)19-10-11-20(22)29-19)24-14-16-6-8-17(9-7-16)28-13-5-12-26(2)3/h6-11,18,27H,4-5,12-15H2,1-3H3,(H2,23,24,25). The molecule has 0 bridgehead atoms. The molecule has 0 amide bonds. The molecule has 0 spiro atoms. The highest BCUT2D eigenvalue weighted by molar-refractivity contribution is 7.16. The molecule has 2 aromatic rings. The van der Waals surface area contributed by atoms with Gasteiger partial charge < -0.3 is 25.4 Å². The molecular formula is C21H31ClN4O2S. The predicted molar refractivity (Wildman–Crippen MR) is 122 cm³/mol. The number of benzene rings is 1. The third-order valence-corrected chi connectivity index (χ3v) is 5.42. The summed E-state index contributed by atoms with van der Waals surface area (Å²) < 4.78 is 6.43. The van der Waals surface area contributed by atoms with Gasteiger partial charge in [0.1, 0.15) is 11.9 Å². The Hall–Kier alpha value is -1.80. The predicted octanol–water partition coefficient (Wildman–Crippen LogP) is 3.52. The summed E-state index contributed by atoms with van der Waals surface area (Å²) in [4.78, 5) is 7.57. The van der Waals surface area contributed by atoms with Gasteiger partial charge in [-0.25, -0.2) is 4.99 Å². The lowest BCUT2D eigenvalue weighted by Gasteiger charge is -2.14. The number of rotatable bonds is 11. The van der Waals surface area contributed by atoms with Gasteiger partial charge in [-0.2, -0.15) is 0 Å². The van der Waals surface area contributed by atoms with Crippen LogP contribution >= 0.6 is 22.9 Å². The van der Waals surface area contributed by atoms with E-state index < -0.39 is 6.10 Å². The monoisotopic (exact) mass is 438 g/mol. The smallest absolute Gasteiger partial charge is 0.191 e. The molecule has 1 unspecified atom stereocenters. The van der Waals surface area contributed by atoms with E-state index >= 15 is 0 Å². The molecule has 0 aliphatic rings. The normalized spacial score (nSPS) is 12.8. The minimum absolute atomic E-state index is 0.363. The lowest BCUT2D eigenvalue weighted by atomic mass is 10.2. The number of ether oxygens (including phenoxy) is 1. The van der Waals surface area contributed by atoms with E-state index in [0.29, 0.717) is 30.0 Å². The lowest BCUT2D eigenvalue weighted by molar-refractivity contribution is 0.184. The Morgan fingerprint density at radius 2 is 1.97 bits per heavy atom. The molecule has 0 saturated carbocycles. The van der Waals surface area contributed by atoms with Crippen molar-refractivity contribution in [2.45, 2.75) is 26.0 Å². The zero-order valence-electron chi connectivity index (χ0n) is 17.3. The molecule has 1 heterocycles. The van der Waals surface area contributed by atoms with Gasteiger partial charge in [0.25, 0.3) is 0 Å². The SMILES string of the molecule is CCNC(=NCc1ccc(OCCCN(C)C)cc1)NCC(O)c1ccc(Cl)s1. The molecule has 3 N–H and O–H groups in total. The second-order valence-corrected chi connectivity index (χ2v) is 8.63. The Labute approximate surface area is 182 Å². The van der Waals surface area contributed by atoms with Crippen LogP contribution in [0.3, 0.4) is 0 Å². The van der Waals surface area contributed by atoms with E-state index in [2.05, 4.69) is 34.6 Å². The molecule has 8 heteroatoms. The fourth-order valence-corrected chi connectivity index (χ4v) is 3.62. The topological polar surface area (TPSA) is 69.1 Å². The third-order valence-electron chi connectivity index (χ3n) is 4.09. The van der Waals surface area contributed by atoms with Crippen molar-refractivity contribution >= 4 is 28.9 Å². The first-order valence-electron chi connectivity index (χ1n) is 9.80. The number of aliphatic hydroxyl groups excluding tert-OH is 1. The zero-order chi connectivity index (χ0) is 21.1. The van der Waals surface area contributed by atoms with Crippen LogP contribution in [0.25, 0.3) is 0 Å². The summed E-state index contributed by atoms with van der Waals surface area (Å²) in [5, 5.41) is 16.6. The molecule has 0 saturated heterocycles. The summed E-state index contributed by atoms with van der Waals surface area (Å²) in [6.45, 7) is 5.38. The Kier molecular flexibility index (Phi) is 10.3. The van der Waals surface area contributed by atoms with E-state index in [1.54, 1.807) is 6.07 Å². The first-order valence-corrected chi connectivity index (χ1v) is 11.0. The molecule has 160 valence electrons. The van der Waals surface area contributed by atoms with Crippen LogP contribution in [-0.4, -0.2) is 56.3 Å². The first kappa shape index (κ1) is 23.5. The number of halogens is 1. The number of nitrogens with one attached hydrogen (secondary N) is 2. The van der Waals surface area contributed by atoms with E-state index in [0.717, 1.165) is 35.7 Å². The number of aliphatic imine (C=N–C) groups is 1. The molecular weight excluding hydrogens is 408 g/mol. The molecule has 2 rings (SSSR count). The first-order chi connectivity index (χ1) is 14.0. The number of aliphatic hydroxyl groups is 1.